The third-order valence-electron chi connectivity index (χ3n) is 3.71. The van der Waals surface area contributed by atoms with E-state index < -0.39 is 11.4 Å². The molecule has 110 valence electrons. The highest BCUT2D eigenvalue weighted by Crippen LogP contribution is 2.34. The molecular weight excluding hydrogens is 274 g/mol. The number of methoxy groups -OCH3 is 1. The summed E-state index contributed by atoms with van der Waals surface area (Å²) in [5.41, 5.74) is 1.40. The molecule has 22 heavy (non-hydrogen) atoms. The first-order valence-corrected chi connectivity index (χ1v) is 6.94. The van der Waals surface area contributed by atoms with Gasteiger partial charge in [0.2, 0.25) is 0 Å². The van der Waals surface area contributed by atoms with Crippen LogP contribution in [0.1, 0.15) is 18.1 Å². The van der Waals surface area contributed by atoms with Gasteiger partial charge in [0.15, 0.2) is 0 Å². The van der Waals surface area contributed by atoms with Crippen LogP contribution in [0.15, 0.2) is 72.3 Å². The van der Waals surface area contributed by atoms with Crippen molar-refractivity contribution in [2.75, 3.05) is 7.11 Å². The van der Waals surface area contributed by atoms with Crippen LogP contribution in [0.5, 0.6) is 0 Å². The Hall–Kier alpha value is -2.86. The molecule has 0 N–H and O–H groups in total. The van der Waals surface area contributed by atoms with Crippen molar-refractivity contribution >= 4 is 5.97 Å². The summed E-state index contributed by atoms with van der Waals surface area (Å²) in [5.74, 6) is -0.624. The van der Waals surface area contributed by atoms with E-state index >= 15 is 0 Å². The summed E-state index contributed by atoms with van der Waals surface area (Å²) in [7, 11) is 1.27. The number of nitrogens with zero attached hydrogens (tertiary/aromatic N) is 1. The fourth-order valence-corrected chi connectivity index (χ4v) is 2.44. The second-order valence-electron chi connectivity index (χ2n) is 5.10. The number of esters is 1. The average molecular weight is 291 g/mol. The molecule has 0 unspecified atom stereocenters. The minimum Gasteiger partial charge on any atom is -0.465 e. The van der Waals surface area contributed by atoms with Gasteiger partial charge < -0.3 is 4.74 Å². The summed E-state index contributed by atoms with van der Waals surface area (Å²) in [6.45, 7) is 1.98. The van der Waals surface area contributed by atoms with E-state index in [9.17, 15) is 10.1 Å². The molecule has 0 radical (unpaired) electrons. The Kier molecular flexibility index (Phi) is 4.75. The molecule has 0 bridgehead atoms. The molecule has 3 heteroatoms. The van der Waals surface area contributed by atoms with Crippen LogP contribution in [0.4, 0.5) is 0 Å². The first kappa shape index (κ1) is 15.5. The van der Waals surface area contributed by atoms with Gasteiger partial charge in [-0.25, -0.2) is 4.79 Å². The molecule has 2 aromatic rings. The quantitative estimate of drug-likeness (QED) is 0.491. The standard InChI is InChI=1S/C19H17NO2/c1-19(16-9-5-3-6-10-16,17-11-7-4-8-12-17)13-15(14-20)18(21)22-2/h3-13H,1-2H3/b15-13-. The van der Waals surface area contributed by atoms with E-state index in [0.717, 1.165) is 11.1 Å². The second kappa shape index (κ2) is 6.73. The van der Waals surface area contributed by atoms with E-state index in [1.54, 1.807) is 6.08 Å². The lowest BCUT2D eigenvalue weighted by molar-refractivity contribution is -0.135. The molecule has 0 aromatic heterocycles. The lowest BCUT2D eigenvalue weighted by atomic mass is 9.75. The van der Waals surface area contributed by atoms with Gasteiger partial charge >= 0.3 is 5.97 Å². The molecule has 0 atom stereocenters. The first-order chi connectivity index (χ1) is 10.6. The van der Waals surface area contributed by atoms with Crippen molar-refractivity contribution < 1.29 is 9.53 Å². The normalized spacial score (nSPS) is 11.6. The van der Waals surface area contributed by atoms with Crippen LogP contribution in [0.25, 0.3) is 0 Å². The van der Waals surface area contributed by atoms with Gasteiger partial charge in [0.25, 0.3) is 0 Å². The van der Waals surface area contributed by atoms with Gasteiger partial charge in [-0.05, 0) is 24.1 Å². The summed E-state index contributed by atoms with van der Waals surface area (Å²) in [5, 5.41) is 9.27. The zero-order valence-electron chi connectivity index (χ0n) is 12.6. The van der Waals surface area contributed by atoms with Gasteiger partial charge in [0, 0.05) is 5.41 Å². The average Bonchev–Trinajstić information content (AvgIpc) is 2.60. The zero-order chi connectivity index (χ0) is 16.0. The molecule has 0 spiro atoms. The monoisotopic (exact) mass is 291 g/mol. The third kappa shape index (κ3) is 3.07. The maximum absolute atomic E-state index is 11.8. The van der Waals surface area contributed by atoms with Crippen molar-refractivity contribution in [3.05, 3.63) is 83.4 Å². The molecule has 2 rings (SSSR count). The molecule has 0 saturated carbocycles. The Labute approximate surface area is 130 Å². The molecule has 0 aliphatic rings. The molecule has 0 aliphatic heterocycles. The van der Waals surface area contributed by atoms with E-state index in [0.29, 0.717) is 0 Å². The first-order valence-electron chi connectivity index (χ1n) is 6.94. The van der Waals surface area contributed by atoms with E-state index in [4.69, 9.17) is 4.74 Å². The number of nitriles is 1. The van der Waals surface area contributed by atoms with Gasteiger partial charge in [-0.2, -0.15) is 5.26 Å². The maximum atomic E-state index is 11.8. The van der Waals surface area contributed by atoms with Gasteiger partial charge in [-0.3, -0.25) is 0 Å². The van der Waals surface area contributed by atoms with Gasteiger partial charge in [0.05, 0.1) is 7.11 Å². The van der Waals surface area contributed by atoms with E-state index in [1.165, 1.54) is 7.11 Å². The van der Waals surface area contributed by atoms with Crippen molar-refractivity contribution in [3.8, 4) is 6.07 Å². The Morgan fingerprint density at radius 3 is 1.86 bits per heavy atom. The minimum absolute atomic E-state index is 0.00212. The number of benzene rings is 2. The van der Waals surface area contributed by atoms with Gasteiger partial charge in [0.1, 0.15) is 11.6 Å². The molecule has 2 aromatic carbocycles. The number of carbonyl (C=O) groups excluding carboxylic acids is 1. The molecular formula is C19H17NO2. The summed E-state index contributed by atoms with van der Waals surface area (Å²) in [4.78, 5) is 11.8. The highest BCUT2D eigenvalue weighted by atomic mass is 16.5. The molecule has 3 nitrogen and oxygen atoms in total. The van der Waals surface area contributed by atoms with Gasteiger partial charge in [-0.1, -0.05) is 60.7 Å². The summed E-state index contributed by atoms with van der Waals surface area (Å²) in [6.07, 6.45) is 1.67. The fourth-order valence-electron chi connectivity index (χ4n) is 2.44. The van der Waals surface area contributed by atoms with Crippen LogP contribution in [-0.2, 0) is 14.9 Å². The molecule has 0 saturated heterocycles. The Morgan fingerprint density at radius 1 is 1.05 bits per heavy atom. The van der Waals surface area contributed by atoms with Crippen molar-refractivity contribution in [3.63, 3.8) is 0 Å². The minimum atomic E-state index is -0.624. The predicted octanol–water partition coefficient (Wildman–Crippen LogP) is 3.62. The van der Waals surface area contributed by atoms with E-state index in [-0.39, 0.29) is 5.57 Å². The number of ether oxygens (including phenoxy) is 1. The fraction of sp³-hybridized carbons (Fsp3) is 0.158. The van der Waals surface area contributed by atoms with Crippen LogP contribution < -0.4 is 0 Å². The molecule has 0 aliphatic carbocycles. The van der Waals surface area contributed by atoms with Crippen molar-refractivity contribution in [2.24, 2.45) is 0 Å². The third-order valence-corrected chi connectivity index (χ3v) is 3.71. The van der Waals surface area contributed by atoms with Crippen molar-refractivity contribution in [2.45, 2.75) is 12.3 Å². The van der Waals surface area contributed by atoms with Crippen molar-refractivity contribution in [1.82, 2.24) is 0 Å². The summed E-state index contributed by atoms with van der Waals surface area (Å²) in [6, 6.07) is 21.5. The SMILES string of the molecule is COC(=O)/C(C#N)=C\C(C)(c1ccccc1)c1ccccc1. The largest absolute Gasteiger partial charge is 0.465 e. The van der Waals surface area contributed by atoms with Crippen molar-refractivity contribution in [1.29, 1.82) is 5.26 Å². The maximum Gasteiger partial charge on any atom is 0.348 e. The number of hydrogen-bond acceptors (Lipinski definition) is 3. The van der Waals surface area contributed by atoms with Crippen LogP contribution in [0.3, 0.4) is 0 Å². The van der Waals surface area contributed by atoms with E-state index in [1.807, 2.05) is 73.7 Å². The number of allylic oxidation sites excluding steroid dienone is 1. The predicted molar refractivity (Wildman–Crippen MR) is 85.1 cm³/mol. The van der Waals surface area contributed by atoms with Crippen LogP contribution in [-0.4, -0.2) is 13.1 Å². The lowest BCUT2D eigenvalue weighted by Gasteiger charge is -2.28. The Morgan fingerprint density at radius 2 is 1.50 bits per heavy atom. The van der Waals surface area contributed by atoms with Crippen LogP contribution in [0.2, 0.25) is 0 Å². The van der Waals surface area contributed by atoms with Crippen LogP contribution in [0, 0.1) is 11.3 Å². The van der Waals surface area contributed by atoms with Gasteiger partial charge in [-0.15, -0.1) is 0 Å². The van der Waals surface area contributed by atoms with Crippen LogP contribution >= 0.6 is 0 Å². The highest BCUT2D eigenvalue weighted by Gasteiger charge is 2.28. The molecule has 0 heterocycles. The zero-order valence-corrected chi connectivity index (χ0v) is 12.6. The smallest absolute Gasteiger partial charge is 0.348 e. The topological polar surface area (TPSA) is 50.1 Å². The number of rotatable bonds is 4. The Bertz CT molecular complexity index is 673. The summed E-state index contributed by atoms with van der Waals surface area (Å²) < 4.78 is 4.69. The molecule has 0 fully saturated rings. The number of hydrogen-bond donors (Lipinski definition) is 0. The molecule has 0 amide bonds. The van der Waals surface area contributed by atoms with E-state index in [2.05, 4.69) is 0 Å². The number of carbonyl (C=O) groups is 1. The lowest BCUT2D eigenvalue weighted by Crippen LogP contribution is -2.22. The Balaban J connectivity index is 2.65. The highest BCUT2D eigenvalue weighted by molar-refractivity contribution is 5.93. The second-order valence-corrected chi connectivity index (χ2v) is 5.10. The summed E-state index contributed by atoms with van der Waals surface area (Å²) >= 11 is 0.